The molecule has 0 spiro atoms. The Labute approximate surface area is 115 Å². The largest absolute Gasteiger partial charge is 0.586 e. The molecular weight excluding hydrogens is 270 g/mol. The second-order valence-electron chi connectivity index (χ2n) is 5.66. The van der Waals surface area contributed by atoms with E-state index in [1.54, 1.807) is 0 Å². The summed E-state index contributed by atoms with van der Waals surface area (Å²) < 4.78 is 34.3. The SMILES string of the molecule is CC(C)(C)[C@H](N)C(=O)Nc1ccc2c(c1)OC(F)(F)O2. The molecule has 7 heteroatoms. The van der Waals surface area contributed by atoms with Crippen LogP contribution in [0.15, 0.2) is 18.2 Å². The summed E-state index contributed by atoms with van der Waals surface area (Å²) >= 11 is 0. The molecule has 0 saturated heterocycles. The molecule has 1 aromatic carbocycles. The van der Waals surface area contributed by atoms with Crippen LogP contribution in [-0.4, -0.2) is 18.2 Å². The monoisotopic (exact) mass is 286 g/mol. The number of carbonyl (C=O) groups is 1. The number of halogens is 2. The van der Waals surface area contributed by atoms with Gasteiger partial charge in [0.25, 0.3) is 0 Å². The van der Waals surface area contributed by atoms with Crippen molar-refractivity contribution >= 4 is 11.6 Å². The van der Waals surface area contributed by atoms with E-state index in [-0.39, 0.29) is 11.5 Å². The molecule has 1 aliphatic heterocycles. The summed E-state index contributed by atoms with van der Waals surface area (Å²) in [6.07, 6.45) is -3.67. The van der Waals surface area contributed by atoms with E-state index in [0.717, 1.165) is 0 Å². The van der Waals surface area contributed by atoms with Gasteiger partial charge in [-0.3, -0.25) is 4.79 Å². The van der Waals surface area contributed by atoms with Gasteiger partial charge in [-0.25, -0.2) is 0 Å². The van der Waals surface area contributed by atoms with Crippen LogP contribution in [0.5, 0.6) is 11.5 Å². The first-order chi connectivity index (χ1) is 9.08. The molecule has 0 bridgehead atoms. The van der Waals surface area contributed by atoms with Gasteiger partial charge < -0.3 is 20.5 Å². The Morgan fingerprint density at radius 1 is 1.30 bits per heavy atom. The first-order valence-corrected chi connectivity index (χ1v) is 6.05. The zero-order valence-corrected chi connectivity index (χ0v) is 11.4. The molecule has 0 saturated carbocycles. The summed E-state index contributed by atoms with van der Waals surface area (Å²) in [5.41, 5.74) is 5.72. The quantitative estimate of drug-likeness (QED) is 0.875. The van der Waals surface area contributed by atoms with Crippen LogP contribution in [-0.2, 0) is 4.79 Å². The summed E-state index contributed by atoms with van der Waals surface area (Å²) in [6.45, 7) is 5.49. The number of ether oxygens (including phenoxy) is 2. The molecule has 0 aromatic heterocycles. The fourth-order valence-electron chi connectivity index (χ4n) is 1.64. The average Bonchev–Trinajstić information content (AvgIpc) is 2.59. The molecule has 0 aliphatic carbocycles. The van der Waals surface area contributed by atoms with Gasteiger partial charge in [0.15, 0.2) is 11.5 Å². The highest BCUT2D eigenvalue weighted by molar-refractivity contribution is 5.95. The van der Waals surface area contributed by atoms with Crippen LogP contribution in [0.25, 0.3) is 0 Å². The van der Waals surface area contributed by atoms with Gasteiger partial charge in [-0.15, -0.1) is 8.78 Å². The van der Waals surface area contributed by atoms with Crippen molar-refractivity contribution in [2.24, 2.45) is 11.1 Å². The Morgan fingerprint density at radius 3 is 2.50 bits per heavy atom. The lowest BCUT2D eigenvalue weighted by atomic mass is 9.87. The topological polar surface area (TPSA) is 73.6 Å². The van der Waals surface area contributed by atoms with E-state index in [4.69, 9.17) is 5.73 Å². The van der Waals surface area contributed by atoms with Crippen LogP contribution in [0.3, 0.4) is 0 Å². The Kier molecular flexibility index (Phi) is 3.33. The minimum Gasteiger partial charge on any atom is -0.395 e. The Balaban J connectivity index is 2.12. The van der Waals surface area contributed by atoms with Gasteiger partial charge in [0.1, 0.15) is 0 Å². The highest BCUT2D eigenvalue weighted by Gasteiger charge is 2.43. The molecular formula is C13H16F2N2O3. The first-order valence-electron chi connectivity index (χ1n) is 6.05. The molecule has 1 aromatic rings. The highest BCUT2D eigenvalue weighted by atomic mass is 19.3. The standard InChI is InChI=1S/C13H16F2N2O3/c1-12(2,3)10(16)11(18)17-7-4-5-8-9(6-7)20-13(14,15)19-8/h4-6,10H,16H2,1-3H3,(H,17,18)/t10-/m1/s1. The summed E-state index contributed by atoms with van der Waals surface area (Å²) in [5, 5.41) is 2.56. The number of hydrogen-bond acceptors (Lipinski definition) is 4. The van der Waals surface area contributed by atoms with Gasteiger partial charge in [-0.2, -0.15) is 0 Å². The molecule has 1 aliphatic rings. The lowest BCUT2D eigenvalue weighted by Crippen LogP contribution is -2.45. The van der Waals surface area contributed by atoms with Crippen LogP contribution in [0.1, 0.15) is 20.8 Å². The Bertz CT molecular complexity index is 541. The van der Waals surface area contributed by atoms with Crippen molar-refractivity contribution in [3.63, 3.8) is 0 Å². The summed E-state index contributed by atoms with van der Waals surface area (Å²) in [6, 6.07) is 3.28. The van der Waals surface area contributed by atoms with E-state index in [0.29, 0.717) is 5.69 Å². The number of anilines is 1. The van der Waals surface area contributed by atoms with E-state index in [1.165, 1.54) is 18.2 Å². The summed E-state index contributed by atoms with van der Waals surface area (Å²) in [7, 11) is 0. The maximum absolute atomic E-state index is 12.9. The third kappa shape index (κ3) is 2.98. The number of amides is 1. The molecule has 0 unspecified atom stereocenters. The Morgan fingerprint density at radius 2 is 1.90 bits per heavy atom. The van der Waals surface area contributed by atoms with Crippen molar-refractivity contribution in [3.05, 3.63) is 18.2 Å². The molecule has 5 nitrogen and oxygen atoms in total. The molecule has 1 heterocycles. The zero-order chi connectivity index (χ0) is 15.1. The molecule has 1 amide bonds. The fourth-order valence-corrected chi connectivity index (χ4v) is 1.64. The number of rotatable bonds is 2. The van der Waals surface area contributed by atoms with Gasteiger partial charge in [0.2, 0.25) is 5.91 Å². The van der Waals surface area contributed by atoms with Crippen molar-refractivity contribution in [2.45, 2.75) is 33.1 Å². The van der Waals surface area contributed by atoms with Gasteiger partial charge in [-0.05, 0) is 17.5 Å². The maximum atomic E-state index is 12.9. The van der Waals surface area contributed by atoms with Crippen molar-refractivity contribution in [1.82, 2.24) is 0 Å². The highest BCUT2D eigenvalue weighted by Crippen LogP contribution is 2.42. The van der Waals surface area contributed by atoms with Crippen LogP contribution in [0.4, 0.5) is 14.5 Å². The number of nitrogens with one attached hydrogen (secondary N) is 1. The predicted molar refractivity (Wildman–Crippen MR) is 68.7 cm³/mol. The Hall–Kier alpha value is -1.89. The van der Waals surface area contributed by atoms with E-state index >= 15 is 0 Å². The van der Waals surface area contributed by atoms with Crippen LogP contribution in [0.2, 0.25) is 0 Å². The van der Waals surface area contributed by atoms with Gasteiger partial charge in [0, 0.05) is 11.8 Å². The molecule has 2 rings (SSSR count). The molecule has 0 radical (unpaired) electrons. The smallest absolute Gasteiger partial charge is 0.395 e. The lowest BCUT2D eigenvalue weighted by molar-refractivity contribution is -0.286. The van der Waals surface area contributed by atoms with E-state index in [2.05, 4.69) is 14.8 Å². The minimum absolute atomic E-state index is 0.0758. The number of nitrogens with two attached hydrogens (primary N) is 1. The van der Waals surface area contributed by atoms with Gasteiger partial charge in [0.05, 0.1) is 6.04 Å². The second kappa shape index (κ2) is 4.59. The first kappa shape index (κ1) is 14.5. The molecule has 3 N–H and O–H groups in total. The number of carbonyl (C=O) groups excluding carboxylic acids is 1. The van der Waals surface area contributed by atoms with Crippen molar-refractivity contribution in [3.8, 4) is 11.5 Å². The number of fused-ring (bicyclic) bond motifs is 1. The fraction of sp³-hybridized carbons (Fsp3) is 0.462. The predicted octanol–water partition coefficient (Wildman–Crippen LogP) is 2.32. The second-order valence-corrected chi connectivity index (χ2v) is 5.66. The summed E-state index contributed by atoms with van der Waals surface area (Å²) in [5.74, 6) is -0.603. The maximum Gasteiger partial charge on any atom is 0.586 e. The number of hydrogen-bond donors (Lipinski definition) is 2. The summed E-state index contributed by atoms with van der Waals surface area (Å²) in [4.78, 5) is 11.9. The molecule has 0 fully saturated rings. The lowest BCUT2D eigenvalue weighted by Gasteiger charge is -2.25. The van der Waals surface area contributed by atoms with Crippen LogP contribution < -0.4 is 20.5 Å². The third-order valence-corrected chi connectivity index (χ3v) is 2.88. The minimum atomic E-state index is -3.67. The average molecular weight is 286 g/mol. The van der Waals surface area contributed by atoms with Crippen LogP contribution in [0, 0.1) is 5.41 Å². The van der Waals surface area contributed by atoms with E-state index in [1.807, 2.05) is 20.8 Å². The molecule has 20 heavy (non-hydrogen) atoms. The van der Waals surface area contributed by atoms with Crippen molar-refractivity contribution < 1.29 is 23.0 Å². The van der Waals surface area contributed by atoms with Crippen LogP contribution >= 0.6 is 0 Å². The van der Waals surface area contributed by atoms with Crippen molar-refractivity contribution in [1.29, 1.82) is 0 Å². The van der Waals surface area contributed by atoms with E-state index < -0.39 is 23.7 Å². The molecule has 110 valence electrons. The van der Waals surface area contributed by atoms with E-state index in [9.17, 15) is 13.6 Å². The zero-order valence-electron chi connectivity index (χ0n) is 11.4. The van der Waals surface area contributed by atoms with Gasteiger partial charge in [-0.1, -0.05) is 20.8 Å². The normalized spacial score (nSPS) is 17.7. The third-order valence-electron chi connectivity index (χ3n) is 2.88. The van der Waals surface area contributed by atoms with Crippen molar-refractivity contribution in [2.75, 3.05) is 5.32 Å². The number of benzene rings is 1. The molecule has 1 atom stereocenters. The van der Waals surface area contributed by atoms with Gasteiger partial charge >= 0.3 is 6.29 Å². The number of alkyl halides is 2.